The smallest absolute Gasteiger partial charge is 0.255 e. The number of nitrogens with zero attached hydrogens (tertiary/aromatic N) is 4. The average Bonchev–Trinajstić information content (AvgIpc) is 3.17. The molecule has 5 rings (SSSR count). The van der Waals surface area contributed by atoms with Crippen molar-refractivity contribution in [2.24, 2.45) is 21.9 Å². The molecule has 3 atom stereocenters. The number of carbonyl (C=O) groups is 2. The van der Waals surface area contributed by atoms with Crippen molar-refractivity contribution in [1.82, 2.24) is 4.90 Å². The molecular formula is C23H25N5O5. The second-order valence-electron chi connectivity index (χ2n) is 9.34. The van der Waals surface area contributed by atoms with E-state index in [9.17, 15) is 24.9 Å². The Bertz CT molecular complexity index is 1270. The number of anilines is 1. The fourth-order valence-corrected chi connectivity index (χ4v) is 5.74. The number of nitrogens with two attached hydrogens (primary N) is 1. The van der Waals surface area contributed by atoms with E-state index in [4.69, 9.17) is 5.73 Å². The number of aliphatic hydroxyl groups excluding tert-OH is 1. The van der Waals surface area contributed by atoms with E-state index in [0.29, 0.717) is 23.3 Å². The van der Waals surface area contributed by atoms with Gasteiger partial charge >= 0.3 is 0 Å². The van der Waals surface area contributed by atoms with Crippen LogP contribution in [0.4, 0.5) is 5.69 Å². The highest BCUT2D eigenvalue weighted by Gasteiger charge is 2.62. The average molecular weight is 451 g/mol. The number of allylic oxidation sites excluding steroid dienone is 1. The summed E-state index contributed by atoms with van der Waals surface area (Å²) in [6.45, 7) is 0. The molecule has 1 aliphatic heterocycles. The Kier molecular flexibility index (Phi) is 4.37. The minimum absolute atomic E-state index is 0.0362. The van der Waals surface area contributed by atoms with Crippen LogP contribution in [-0.2, 0) is 16.0 Å². The maximum atomic E-state index is 13.2. The van der Waals surface area contributed by atoms with Gasteiger partial charge < -0.3 is 26.0 Å². The maximum Gasteiger partial charge on any atom is 0.255 e. The summed E-state index contributed by atoms with van der Waals surface area (Å²) < 4.78 is 0. The Labute approximate surface area is 190 Å². The van der Waals surface area contributed by atoms with Crippen molar-refractivity contribution in [3.8, 4) is 5.75 Å². The summed E-state index contributed by atoms with van der Waals surface area (Å²) >= 11 is 0. The van der Waals surface area contributed by atoms with Crippen LogP contribution in [0.3, 0.4) is 0 Å². The standard InChI is InChI=1S/C23H25N5O5/c1-27(2)12-5-6-13(29)15-10(12)7-9-8-11-18(28(3)4)19(30)16(22(24)32)21(31)23(11,33)20-14(9)17(15)25-26-20/h5-6,11,18,29,31,33H,7-8H2,1-4H3,(H2,24,32). The normalized spacial score (nSPS) is 27.8. The first-order valence-electron chi connectivity index (χ1n) is 10.6. The number of carbonyl (C=O) groups excluding carboxylic acids is 2. The Morgan fingerprint density at radius 3 is 2.48 bits per heavy atom. The van der Waals surface area contributed by atoms with Crippen LogP contribution in [0.5, 0.6) is 5.75 Å². The number of fused-ring (bicyclic) bond motifs is 4. The minimum atomic E-state index is -2.12. The van der Waals surface area contributed by atoms with Crippen molar-refractivity contribution < 1.29 is 24.9 Å². The third-order valence-electron chi connectivity index (χ3n) is 7.11. The summed E-state index contributed by atoms with van der Waals surface area (Å²) in [5.41, 5.74) is 6.90. The third-order valence-corrected chi connectivity index (χ3v) is 7.11. The lowest BCUT2D eigenvalue weighted by atomic mass is 9.59. The SMILES string of the molecule is CN(C)c1ccc(O)c2c1CC1=C3C2=NN=C3C2(O)C(O)=C(C(N)=O)C(=O)C(N(C)C)C2C1. The zero-order valence-corrected chi connectivity index (χ0v) is 18.7. The third kappa shape index (κ3) is 2.56. The molecule has 0 aromatic heterocycles. The molecule has 0 fully saturated rings. The summed E-state index contributed by atoms with van der Waals surface area (Å²) in [6, 6.07) is 2.51. The maximum absolute atomic E-state index is 13.2. The lowest BCUT2D eigenvalue weighted by Gasteiger charge is -2.49. The summed E-state index contributed by atoms with van der Waals surface area (Å²) in [5.74, 6) is -3.31. The molecule has 1 amide bonds. The topological polar surface area (TPSA) is 152 Å². The van der Waals surface area contributed by atoms with Gasteiger partial charge in [-0.25, -0.2) is 0 Å². The first-order chi connectivity index (χ1) is 15.5. The highest BCUT2D eigenvalue weighted by molar-refractivity contribution is 6.38. The molecule has 10 heteroatoms. The summed E-state index contributed by atoms with van der Waals surface area (Å²) in [4.78, 5) is 28.8. The molecule has 0 bridgehead atoms. The van der Waals surface area contributed by atoms with E-state index in [1.54, 1.807) is 25.1 Å². The van der Waals surface area contributed by atoms with E-state index >= 15 is 0 Å². The molecule has 0 saturated heterocycles. The van der Waals surface area contributed by atoms with Crippen molar-refractivity contribution in [1.29, 1.82) is 0 Å². The number of phenols is 1. The van der Waals surface area contributed by atoms with Crippen LogP contribution >= 0.6 is 0 Å². The van der Waals surface area contributed by atoms with Crippen LogP contribution in [0.15, 0.2) is 44.8 Å². The quantitative estimate of drug-likeness (QED) is 0.473. The van der Waals surface area contributed by atoms with Crippen molar-refractivity contribution in [2.75, 3.05) is 33.1 Å². The Morgan fingerprint density at radius 2 is 1.88 bits per heavy atom. The lowest BCUT2D eigenvalue weighted by molar-refractivity contribution is -0.131. The molecule has 4 aliphatic rings. The first kappa shape index (κ1) is 21.4. The van der Waals surface area contributed by atoms with Gasteiger partial charge in [0.15, 0.2) is 11.4 Å². The molecule has 0 spiro atoms. The number of amides is 1. The van der Waals surface area contributed by atoms with E-state index < -0.39 is 40.6 Å². The summed E-state index contributed by atoms with van der Waals surface area (Å²) in [7, 11) is 7.16. The van der Waals surface area contributed by atoms with Crippen molar-refractivity contribution in [3.63, 3.8) is 0 Å². The number of phenolic OH excluding ortho intramolecular Hbond substituents is 1. The molecule has 1 heterocycles. The monoisotopic (exact) mass is 451 g/mol. The van der Waals surface area contributed by atoms with Crippen LogP contribution in [0, 0.1) is 5.92 Å². The van der Waals surface area contributed by atoms with Gasteiger partial charge in [-0.05, 0) is 44.6 Å². The van der Waals surface area contributed by atoms with Crippen molar-refractivity contribution in [3.05, 3.63) is 45.7 Å². The molecule has 1 aromatic carbocycles. The van der Waals surface area contributed by atoms with Gasteiger partial charge in [0.25, 0.3) is 5.91 Å². The number of ketones is 1. The predicted molar refractivity (Wildman–Crippen MR) is 122 cm³/mol. The van der Waals surface area contributed by atoms with Crippen LogP contribution < -0.4 is 10.6 Å². The zero-order chi connectivity index (χ0) is 24.0. The molecular weight excluding hydrogens is 426 g/mol. The predicted octanol–water partition coefficient (Wildman–Crippen LogP) is 0.0309. The van der Waals surface area contributed by atoms with Gasteiger partial charge in [-0.15, -0.1) is 5.10 Å². The lowest BCUT2D eigenvalue weighted by Crippen LogP contribution is -2.64. The number of likely N-dealkylation sites (N-methyl/N-ethyl adjacent to an activating group) is 1. The fourth-order valence-electron chi connectivity index (χ4n) is 5.74. The van der Waals surface area contributed by atoms with Gasteiger partial charge in [0, 0.05) is 31.3 Å². The number of Topliss-reactive ketones (excluding diaryl/α,β-unsaturated/α-hetero) is 1. The Hall–Kier alpha value is -3.50. The van der Waals surface area contributed by atoms with E-state index in [-0.39, 0.29) is 17.9 Å². The van der Waals surface area contributed by atoms with Gasteiger partial charge in [0.2, 0.25) is 0 Å². The van der Waals surface area contributed by atoms with E-state index in [1.807, 2.05) is 25.1 Å². The van der Waals surface area contributed by atoms with Crippen LogP contribution in [0.2, 0.25) is 0 Å². The van der Waals surface area contributed by atoms with Gasteiger partial charge in [0.1, 0.15) is 28.5 Å². The second kappa shape index (κ2) is 6.75. The molecule has 1 aromatic rings. The molecule has 3 aliphatic carbocycles. The Balaban J connectivity index is 1.75. The highest BCUT2D eigenvalue weighted by atomic mass is 16.3. The number of rotatable bonds is 3. The number of benzene rings is 1. The van der Waals surface area contributed by atoms with E-state index in [1.165, 1.54) is 0 Å². The Morgan fingerprint density at radius 1 is 1.18 bits per heavy atom. The fraction of sp³-hybridized carbons (Fsp3) is 0.391. The number of aliphatic hydroxyl groups is 2. The highest BCUT2D eigenvalue weighted by Crippen LogP contribution is 2.52. The summed E-state index contributed by atoms with van der Waals surface area (Å²) in [6.07, 6.45) is 0.717. The van der Waals surface area contributed by atoms with Gasteiger partial charge in [-0.2, -0.15) is 5.10 Å². The van der Waals surface area contributed by atoms with Crippen molar-refractivity contribution >= 4 is 28.8 Å². The van der Waals surface area contributed by atoms with Crippen LogP contribution in [0.25, 0.3) is 0 Å². The minimum Gasteiger partial charge on any atom is -0.508 e. The number of hydrogen-bond donors (Lipinski definition) is 4. The van der Waals surface area contributed by atoms with E-state index in [2.05, 4.69) is 10.2 Å². The molecule has 172 valence electrons. The molecule has 0 saturated carbocycles. The summed E-state index contributed by atoms with van der Waals surface area (Å²) in [5, 5.41) is 42.1. The van der Waals surface area contributed by atoms with Crippen LogP contribution in [0.1, 0.15) is 17.5 Å². The molecule has 33 heavy (non-hydrogen) atoms. The van der Waals surface area contributed by atoms with Gasteiger partial charge in [-0.3, -0.25) is 14.5 Å². The second-order valence-corrected chi connectivity index (χ2v) is 9.34. The van der Waals surface area contributed by atoms with E-state index in [0.717, 1.165) is 16.8 Å². The number of hydrogen-bond acceptors (Lipinski definition) is 9. The zero-order valence-electron chi connectivity index (χ0n) is 18.7. The number of primary amides is 1. The molecule has 10 nitrogen and oxygen atoms in total. The largest absolute Gasteiger partial charge is 0.508 e. The number of aromatic hydroxyl groups is 1. The van der Waals surface area contributed by atoms with Crippen molar-refractivity contribution in [2.45, 2.75) is 24.5 Å². The molecule has 0 radical (unpaired) electrons. The first-order valence-corrected chi connectivity index (χ1v) is 10.6. The van der Waals surface area contributed by atoms with Crippen LogP contribution in [-0.4, -0.2) is 83.2 Å². The molecule has 5 N–H and O–H groups in total. The van der Waals surface area contributed by atoms with Gasteiger partial charge in [0.05, 0.1) is 11.6 Å². The van der Waals surface area contributed by atoms with Gasteiger partial charge in [-0.1, -0.05) is 5.57 Å². The molecule has 3 unspecified atom stereocenters.